The number of ether oxygens (including phenoxy) is 1. The number of carbonyl (C=O) groups is 1. The predicted molar refractivity (Wildman–Crippen MR) is 114 cm³/mol. The highest BCUT2D eigenvalue weighted by Crippen LogP contribution is 2.30. The number of aryl methyl sites for hydroxylation is 1. The number of benzene rings is 2. The highest BCUT2D eigenvalue weighted by Gasteiger charge is 2.18. The molecule has 2 aromatic carbocycles. The fraction of sp³-hybridized carbons (Fsp3) is 0.273. The third-order valence-corrected chi connectivity index (χ3v) is 5.69. The van der Waals surface area contributed by atoms with Crippen LogP contribution in [0.3, 0.4) is 0 Å². The number of hydrogen-bond acceptors (Lipinski definition) is 5. The Morgan fingerprint density at radius 3 is 2.96 bits per heavy atom. The molecule has 1 amide bonds. The molecule has 28 heavy (non-hydrogen) atoms. The van der Waals surface area contributed by atoms with E-state index in [0.29, 0.717) is 17.9 Å². The Morgan fingerprint density at radius 2 is 2.18 bits per heavy atom. The second-order valence-electron chi connectivity index (χ2n) is 6.80. The maximum Gasteiger partial charge on any atom is 0.255 e. The normalized spacial score (nSPS) is 12.7. The number of thiazole rings is 1. The molecular formula is C22H23N3O2S. The van der Waals surface area contributed by atoms with Gasteiger partial charge in [-0.3, -0.25) is 4.79 Å². The summed E-state index contributed by atoms with van der Waals surface area (Å²) < 4.78 is 5.79. The van der Waals surface area contributed by atoms with E-state index in [1.165, 1.54) is 11.3 Å². The standard InChI is InChI=1S/C22H23N3O2S/c1-3-25-10-9-16-7-8-18(12-21(16)25)24-22(26)17-5-4-6-20(11-17)27-13-19-14-28-15(2)23-19/h4-8,11-12,14H,3,9-10,13H2,1-2H3,(H,24,26). The van der Waals surface area contributed by atoms with Crippen molar-refractivity contribution in [1.29, 1.82) is 0 Å². The molecule has 0 unspecified atom stereocenters. The maximum absolute atomic E-state index is 12.7. The van der Waals surface area contributed by atoms with Crippen LogP contribution in [0, 0.1) is 6.92 Å². The number of carbonyl (C=O) groups excluding carboxylic acids is 1. The third-order valence-electron chi connectivity index (χ3n) is 4.87. The summed E-state index contributed by atoms with van der Waals surface area (Å²) in [6.45, 7) is 6.53. The fourth-order valence-corrected chi connectivity index (χ4v) is 4.01. The summed E-state index contributed by atoms with van der Waals surface area (Å²) in [5, 5.41) is 6.01. The van der Waals surface area contributed by atoms with Crippen LogP contribution >= 0.6 is 11.3 Å². The van der Waals surface area contributed by atoms with Crippen molar-refractivity contribution in [3.8, 4) is 5.75 Å². The van der Waals surface area contributed by atoms with Crippen molar-refractivity contribution in [3.63, 3.8) is 0 Å². The van der Waals surface area contributed by atoms with Gasteiger partial charge in [-0.05, 0) is 56.2 Å². The van der Waals surface area contributed by atoms with Crippen LogP contribution in [-0.2, 0) is 13.0 Å². The summed E-state index contributed by atoms with van der Waals surface area (Å²) in [5.41, 5.74) is 4.84. The van der Waals surface area contributed by atoms with E-state index in [-0.39, 0.29) is 5.91 Å². The van der Waals surface area contributed by atoms with Crippen molar-refractivity contribution in [2.24, 2.45) is 0 Å². The summed E-state index contributed by atoms with van der Waals surface area (Å²) in [5.74, 6) is 0.514. The first-order valence-corrected chi connectivity index (χ1v) is 10.3. The summed E-state index contributed by atoms with van der Waals surface area (Å²) in [6, 6.07) is 13.4. The molecule has 1 aliphatic rings. The quantitative estimate of drug-likeness (QED) is 0.661. The first-order valence-electron chi connectivity index (χ1n) is 9.45. The van der Waals surface area contributed by atoms with Crippen LogP contribution in [0.15, 0.2) is 47.8 Å². The van der Waals surface area contributed by atoms with Gasteiger partial charge in [-0.1, -0.05) is 12.1 Å². The second-order valence-corrected chi connectivity index (χ2v) is 7.86. The van der Waals surface area contributed by atoms with E-state index in [4.69, 9.17) is 4.74 Å². The molecule has 0 radical (unpaired) electrons. The predicted octanol–water partition coefficient (Wildman–Crippen LogP) is 4.67. The van der Waals surface area contributed by atoms with Gasteiger partial charge in [0.25, 0.3) is 5.91 Å². The number of anilines is 2. The number of amides is 1. The molecule has 6 heteroatoms. The van der Waals surface area contributed by atoms with Gasteiger partial charge in [0, 0.05) is 35.4 Å². The average molecular weight is 394 g/mol. The highest BCUT2D eigenvalue weighted by atomic mass is 32.1. The third kappa shape index (κ3) is 4.02. The average Bonchev–Trinajstić information content (AvgIpc) is 3.32. The van der Waals surface area contributed by atoms with Gasteiger partial charge in [-0.2, -0.15) is 0 Å². The van der Waals surface area contributed by atoms with E-state index in [2.05, 4.69) is 34.3 Å². The van der Waals surface area contributed by atoms with E-state index in [1.54, 1.807) is 23.5 Å². The Kier molecular flexibility index (Phi) is 5.30. The Morgan fingerprint density at radius 1 is 1.29 bits per heavy atom. The molecule has 0 saturated carbocycles. The van der Waals surface area contributed by atoms with Gasteiger partial charge in [0.1, 0.15) is 12.4 Å². The van der Waals surface area contributed by atoms with Gasteiger partial charge < -0.3 is 15.0 Å². The van der Waals surface area contributed by atoms with Crippen molar-refractivity contribution < 1.29 is 9.53 Å². The number of rotatable bonds is 6. The van der Waals surface area contributed by atoms with Crippen LogP contribution in [0.1, 0.15) is 33.5 Å². The summed E-state index contributed by atoms with van der Waals surface area (Å²) in [4.78, 5) is 19.4. The molecule has 1 N–H and O–H groups in total. The molecule has 0 aliphatic carbocycles. The largest absolute Gasteiger partial charge is 0.487 e. The summed E-state index contributed by atoms with van der Waals surface area (Å²) in [6.07, 6.45) is 1.06. The maximum atomic E-state index is 12.7. The minimum Gasteiger partial charge on any atom is -0.487 e. The Bertz CT molecular complexity index is 999. The van der Waals surface area contributed by atoms with Gasteiger partial charge >= 0.3 is 0 Å². The lowest BCUT2D eigenvalue weighted by atomic mass is 10.1. The van der Waals surface area contributed by atoms with E-state index in [1.807, 2.05) is 30.5 Å². The van der Waals surface area contributed by atoms with Crippen molar-refractivity contribution in [2.45, 2.75) is 26.9 Å². The molecule has 144 valence electrons. The molecule has 0 atom stereocenters. The zero-order chi connectivity index (χ0) is 19.5. The van der Waals surface area contributed by atoms with Crippen molar-refractivity contribution >= 4 is 28.6 Å². The zero-order valence-corrected chi connectivity index (χ0v) is 16.9. The van der Waals surface area contributed by atoms with E-state index < -0.39 is 0 Å². The second kappa shape index (κ2) is 8.02. The number of aromatic nitrogens is 1. The SMILES string of the molecule is CCN1CCc2ccc(NC(=O)c3cccc(OCc4csc(C)n4)c3)cc21. The van der Waals surface area contributed by atoms with Crippen molar-refractivity contribution in [1.82, 2.24) is 4.98 Å². The van der Waals surface area contributed by atoms with Crippen LogP contribution < -0.4 is 15.0 Å². The van der Waals surface area contributed by atoms with Crippen molar-refractivity contribution in [3.05, 3.63) is 69.7 Å². The molecule has 1 aliphatic heterocycles. The molecule has 0 spiro atoms. The minimum atomic E-state index is -0.143. The molecule has 0 saturated heterocycles. The van der Waals surface area contributed by atoms with Crippen LogP contribution in [0.25, 0.3) is 0 Å². The lowest BCUT2D eigenvalue weighted by molar-refractivity contribution is 0.102. The molecule has 0 fully saturated rings. The molecule has 0 bridgehead atoms. The number of hydrogen-bond donors (Lipinski definition) is 1. The number of nitrogens with one attached hydrogen (secondary N) is 1. The number of likely N-dealkylation sites (N-methyl/N-ethyl adjacent to an activating group) is 1. The smallest absolute Gasteiger partial charge is 0.255 e. The van der Waals surface area contributed by atoms with Gasteiger partial charge in [0.15, 0.2) is 0 Å². The van der Waals surface area contributed by atoms with Gasteiger partial charge in [-0.25, -0.2) is 4.98 Å². The van der Waals surface area contributed by atoms with E-state index in [9.17, 15) is 4.79 Å². The Hall–Kier alpha value is -2.86. The lowest BCUT2D eigenvalue weighted by Crippen LogP contribution is -2.19. The van der Waals surface area contributed by atoms with Crippen LogP contribution in [0.2, 0.25) is 0 Å². The Labute approximate surface area is 169 Å². The van der Waals surface area contributed by atoms with Crippen molar-refractivity contribution in [2.75, 3.05) is 23.3 Å². The van der Waals surface area contributed by atoms with E-state index >= 15 is 0 Å². The fourth-order valence-electron chi connectivity index (χ4n) is 3.41. The molecule has 4 rings (SSSR count). The topological polar surface area (TPSA) is 54.5 Å². The minimum absolute atomic E-state index is 0.143. The summed E-state index contributed by atoms with van der Waals surface area (Å²) in [7, 11) is 0. The Balaban J connectivity index is 1.44. The first kappa shape index (κ1) is 18.5. The van der Waals surface area contributed by atoms with E-state index in [0.717, 1.165) is 35.9 Å². The molecule has 5 nitrogen and oxygen atoms in total. The monoisotopic (exact) mass is 393 g/mol. The molecule has 2 heterocycles. The molecule has 3 aromatic rings. The molecule has 1 aromatic heterocycles. The molecular weight excluding hydrogens is 370 g/mol. The lowest BCUT2D eigenvalue weighted by Gasteiger charge is -2.17. The zero-order valence-electron chi connectivity index (χ0n) is 16.1. The number of fused-ring (bicyclic) bond motifs is 1. The van der Waals surface area contributed by atoms with Gasteiger partial charge in [0.2, 0.25) is 0 Å². The van der Waals surface area contributed by atoms with Crippen LogP contribution in [0.5, 0.6) is 5.75 Å². The first-order chi connectivity index (χ1) is 13.6. The highest BCUT2D eigenvalue weighted by molar-refractivity contribution is 7.09. The van der Waals surface area contributed by atoms with Gasteiger partial charge in [-0.15, -0.1) is 11.3 Å². The van der Waals surface area contributed by atoms with Gasteiger partial charge in [0.05, 0.1) is 10.7 Å². The van der Waals surface area contributed by atoms with Crippen LogP contribution in [0.4, 0.5) is 11.4 Å². The summed E-state index contributed by atoms with van der Waals surface area (Å²) >= 11 is 1.60. The number of nitrogens with zero attached hydrogens (tertiary/aromatic N) is 2. The van der Waals surface area contributed by atoms with Crippen LogP contribution in [-0.4, -0.2) is 24.0 Å².